The predicted molar refractivity (Wildman–Crippen MR) is 55.9 cm³/mol. The summed E-state index contributed by atoms with van der Waals surface area (Å²) < 4.78 is 5.43. The number of carboxylic acid groups (broad SMARTS) is 1. The first kappa shape index (κ1) is 10.7. The van der Waals surface area contributed by atoms with Gasteiger partial charge in [-0.2, -0.15) is 0 Å². The SMILES string of the molecule is CC(C)(C)N(C(=O)O)C1CCC2OC2C1. The van der Waals surface area contributed by atoms with E-state index in [0.717, 1.165) is 19.3 Å². The van der Waals surface area contributed by atoms with E-state index in [-0.39, 0.29) is 11.6 Å². The number of rotatable bonds is 1. The van der Waals surface area contributed by atoms with Crippen LogP contribution in [0.3, 0.4) is 0 Å². The van der Waals surface area contributed by atoms with Crippen LogP contribution in [0.2, 0.25) is 0 Å². The highest BCUT2D eigenvalue weighted by Crippen LogP contribution is 2.39. The lowest BCUT2D eigenvalue weighted by atomic mass is 9.91. The molecule has 1 saturated carbocycles. The molecular formula is C11H19NO3. The van der Waals surface area contributed by atoms with Gasteiger partial charge in [-0.15, -0.1) is 0 Å². The first-order valence-electron chi connectivity index (χ1n) is 5.57. The number of nitrogens with zero attached hydrogens (tertiary/aromatic N) is 1. The van der Waals surface area contributed by atoms with Crippen LogP contribution < -0.4 is 0 Å². The Balaban J connectivity index is 2.07. The van der Waals surface area contributed by atoms with Crippen LogP contribution in [0.15, 0.2) is 0 Å². The molecule has 0 bridgehead atoms. The van der Waals surface area contributed by atoms with Gasteiger partial charge in [0.05, 0.1) is 12.2 Å². The number of amides is 1. The van der Waals surface area contributed by atoms with Crippen molar-refractivity contribution in [2.24, 2.45) is 0 Å². The molecule has 1 heterocycles. The monoisotopic (exact) mass is 213 g/mol. The Bertz CT molecular complexity index is 271. The van der Waals surface area contributed by atoms with Gasteiger partial charge in [0.15, 0.2) is 0 Å². The standard InChI is InChI=1S/C11H19NO3/c1-11(2,3)12(10(13)14)7-4-5-8-9(6-7)15-8/h7-9H,4-6H2,1-3H3,(H,13,14). The van der Waals surface area contributed by atoms with Gasteiger partial charge >= 0.3 is 6.09 Å². The van der Waals surface area contributed by atoms with Gasteiger partial charge in [0.25, 0.3) is 0 Å². The number of fused-ring (bicyclic) bond motifs is 1. The number of ether oxygens (including phenoxy) is 1. The lowest BCUT2D eigenvalue weighted by molar-refractivity contribution is 0.0596. The van der Waals surface area contributed by atoms with Gasteiger partial charge < -0.3 is 14.7 Å². The molecule has 1 aliphatic heterocycles. The van der Waals surface area contributed by atoms with Gasteiger partial charge in [0, 0.05) is 11.6 Å². The summed E-state index contributed by atoms with van der Waals surface area (Å²) in [5.41, 5.74) is -0.321. The van der Waals surface area contributed by atoms with Gasteiger partial charge in [0.1, 0.15) is 0 Å². The number of epoxide rings is 1. The molecule has 1 amide bonds. The van der Waals surface area contributed by atoms with Crippen molar-refractivity contribution in [2.75, 3.05) is 0 Å². The van der Waals surface area contributed by atoms with Crippen molar-refractivity contribution >= 4 is 6.09 Å². The van der Waals surface area contributed by atoms with E-state index in [4.69, 9.17) is 4.74 Å². The summed E-state index contributed by atoms with van der Waals surface area (Å²) in [5, 5.41) is 9.25. The zero-order chi connectivity index (χ0) is 11.2. The number of hydrogen-bond donors (Lipinski definition) is 1. The largest absolute Gasteiger partial charge is 0.465 e. The lowest BCUT2D eigenvalue weighted by Gasteiger charge is -2.40. The minimum Gasteiger partial charge on any atom is -0.465 e. The van der Waals surface area contributed by atoms with Crippen LogP contribution in [0.1, 0.15) is 40.0 Å². The summed E-state index contributed by atoms with van der Waals surface area (Å²) in [5.74, 6) is 0. The second-order valence-electron chi connectivity index (χ2n) is 5.50. The van der Waals surface area contributed by atoms with Crippen molar-refractivity contribution < 1.29 is 14.6 Å². The summed E-state index contributed by atoms with van der Waals surface area (Å²) >= 11 is 0. The molecule has 0 spiro atoms. The van der Waals surface area contributed by atoms with E-state index in [0.29, 0.717) is 12.2 Å². The van der Waals surface area contributed by atoms with Crippen LogP contribution in [0.5, 0.6) is 0 Å². The van der Waals surface area contributed by atoms with Crippen LogP contribution >= 0.6 is 0 Å². The fraction of sp³-hybridized carbons (Fsp3) is 0.909. The summed E-state index contributed by atoms with van der Waals surface area (Å²) in [6.45, 7) is 5.84. The normalized spacial score (nSPS) is 34.5. The van der Waals surface area contributed by atoms with E-state index in [1.54, 1.807) is 4.90 Å². The van der Waals surface area contributed by atoms with E-state index in [9.17, 15) is 9.90 Å². The van der Waals surface area contributed by atoms with Crippen LogP contribution in [-0.4, -0.2) is 39.9 Å². The molecule has 4 heteroatoms. The molecular weight excluding hydrogens is 194 g/mol. The minimum atomic E-state index is -0.813. The van der Waals surface area contributed by atoms with Crippen molar-refractivity contribution in [2.45, 2.75) is 63.8 Å². The molecule has 0 aromatic carbocycles. The van der Waals surface area contributed by atoms with E-state index >= 15 is 0 Å². The summed E-state index contributed by atoms with van der Waals surface area (Å²) in [6, 6.07) is 0.131. The first-order chi connectivity index (χ1) is 6.89. The second kappa shape index (κ2) is 3.37. The summed E-state index contributed by atoms with van der Waals surface area (Å²) in [4.78, 5) is 12.8. The first-order valence-corrected chi connectivity index (χ1v) is 5.57. The Hall–Kier alpha value is -0.770. The Labute approximate surface area is 90.2 Å². The maximum absolute atomic E-state index is 11.3. The van der Waals surface area contributed by atoms with Crippen LogP contribution in [0.25, 0.3) is 0 Å². The quantitative estimate of drug-likeness (QED) is 0.678. The maximum atomic E-state index is 11.3. The highest BCUT2D eigenvalue weighted by Gasteiger charge is 2.47. The van der Waals surface area contributed by atoms with E-state index in [1.165, 1.54) is 0 Å². The van der Waals surface area contributed by atoms with E-state index < -0.39 is 6.09 Å². The van der Waals surface area contributed by atoms with Gasteiger partial charge in [-0.3, -0.25) is 0 Å². The summed E-state index contributed by atoms with van der Waals surface area (Å²) in [6.07, 6.45) is 2.75. The van der Waals surface area contributed by atoms with Crippen LogP contribution in [0, 0.1) is 0 Å². The molecule has 0 aromatic heterocycles. The van der Waals surface area contributed by atoms with Crippen molar-refractivity contribution in [3.63, 3.8) is 0 Å². The zero-order valence-corrected chi connectivity index (χ0v) is 9.56. The molecule has 1 saturated heterocycles. The second-order valence-corrected chi connectivity index (χ2v) is 5.50. The zero-order valence-electron chi connectivity index (χ0n) is 9.56. The van der Waals surface area contributed by atoms with Gasteiger partial charge in [-0.1, -0.05) is 0 Å². The third kappa shape index (κ3) is 2.09. The average molecular weight is 213 g/mol. The molecule has 3 unspecified atom stereocenters. The third-order valence-electron chi connectivity index (χ3n) is 3.27. The fourth-order valence-electron chi connectivity index (χ4n) is 2.61. The molecule has 2 fully saturated rings. The van der Waals surface area contributed by atoms with Gasteiger partial charge in [-0.05, 0) is 40.0 Å². The Morgan fingerprint density at radius 1 is 1.33 bits per heavy atom. The Morgan fingerprint density at radius 2 is 2.00 bits per heavy atom. The number of carbonyl (C=O) groups is 1. The fourth-order valence-corrected chi connectivity index (χ4v) is 2.61. The molecule has 0 radical (unpaired) electrons. The molecule has 1 aliphatic carbocycles. The average Bonchev–Trinajstić information content (AvgIpc) is 2.78. The highest BCUT2D eigenvalue weighted by atomic mass is 16.6. The van der Waals surface area contributed by atoms with Crippen molar-refractivity contribution in [1.82, 2.24) is 4.90 Å². The predicted octanol–water partition coefficient (Wildman–Crippen LogP) is 2.08. The van der Waals surface area contributed by atoms with Crippen LogP contribution in [-0.2, 0) is 4.74 Å². The molecule has 1 N–H and O–H groups in total. The van der Waals surface area contributed by atoms with Crippen molar-refractivity contribution in [3.05, 3.63) is 0 Å². The molecule has 86 valence electrons. The Morgan fingerprint density at radius 3 is 2.47 bits per heavy atom. The van der Waals surface area contributed by atoms with E-state index in [1.807, 2.05) is 20.8 Å². The van der Waals surface area contributed by atoms with E-state index in [2.05, 4.69) is 0 Å². The Kier molecular flexibility index (Phi) is 2.41. The topological polar surface area (TPSA) is 53.1 Å². The highest BCUT2D eigenvalue weighted by molar-refractivity contribution is 5.66. The van der Waals surface area contributed by atoms with Crippen molar-refractivity contribution in [3.8, 4) is 0 Å². The molecule has 0 aromatic rings. The minimum absolute atomic E-state index is 0.131. The molecule has 4 nitrogen and oxygen atoms in total. The molecule has 2 aliphatic rings. The van der Waals surface area contributed by atoms with Crippen molar-refractivity contribution in [1.29, 1.82) is 0 Å². The van der Waals surface area contributed by atoms with Gasteiger partial charge in [0.2, 0.25) is 0 Å². The third-order valence-corrected chi connectivity index (χ3v) is 3.27. The smallest absolute Gasteiger partial charge is 0.407 e. The van der Waals surface area contributed by atoms with Crippen LogP contribution in [0.4, 0.5) is 4.79 Å². The lowest BCUT2D eigenvalue weighted by Crippen LogP contribution is -2.52. The molecule has 3 atom stereocenters. The maximum Gasteiger partial charge on any atom is 0.407 e. The summed E-state index contributed by atoms with van der Waals surface area (Å²) in [7, 11) is 0. The molecule has 2 rings (SSSR count). The van der Waals surface area contributed by atoms with Gasteiger partial charge in [-0.25, -0.2) is 4.79 Å². The number of hydrogen-bond acceptors (Lipinski definition) is 2. The molecule has 15 heavy (non-hydrogen) atoms.